The van der Waals surface area contributed by atoms with E-state index in [2.05, 4.69) is 69.9 Å². The Morgan fingerprint density at radius 3 is 2.93 bits per heavy atom. The molecular weight excluding hydrogens is 317 g/mol. The van der Waals surface area contributed by atoms with Crippen LogP contribution in [0.2, 0.25) is 0 Å². The van der Waals surface area contributed by atoms with Crippen molar-refractivity contribution >= 4 is 39.6 Å². The van der Waals surface area contributed by atoms with E-state index < -0.39 is 0 Å². The summed E-state index contributed by atoms with van der Waals surface area (Å²) in [7, 11) is 0. The molecule has 0 amide bonds. The minimum atomic E-state index is 0.907. The van der Waals surface area contributed by atoms with Crippen molar-refractivity contribution in [3.8, 4) is 0 Å². The van der Waals surface area contributed by atoms with Crippen molar-refractivity contribution in [1.29, 1.82) is 0 Å². The van der Waals surface area contributed by atoms with Gasteiger partial charge in [-0.2, -0.15) is 11.3 Å². The van der Waals surface area contributed by atoms with Crippen LogP contribution in [0.1, 0.15) is 11.1 Å². The summed E-state index contributed by atoms with van der Waals surface area (Å²) in [6, 6.07) is 8.50. The minimum Gasteiger partial charge on any atom is -0.381 e. The monoisotopic (exact) mass is 329 g/mol. The molecular formula is C12H12INS. The number of hydrogen-bond acceptors (Lipinski definition) is 2. The molecule has 0 fully saturated rings. The number of nitrogens with one attached hydrogen (secondary N) is 1. The lowest BCUT2D eigenvalue weighted by atomic mass is 10.2. The van der Waals surface area contributed by atoms with Gasteiger partial charge in [-0.1, -0.05) is 6.07 Å². The largest absolute Gasteiger partial charge is 0.381 e. The summed E-state index contributed by atoms with van der Waals surface area (Å²) in [6.45, 7) is 3.06. The maximum atomic E-state index is 3.46. The Hall–Kier alpha value is -0.550. The van der Waals surface area contributed by atoms with E-state index in [4.69, 9.17) is 0 Å². The first-order valence-electron chi connectivity index (χ1n) is 4.77. The van der Waals surface area contributed by atoms with Gasteiger partial charge >= 0.3 is 0 Å². The lowest BCUT2D eigenvalue weighted by Crippen LogP contribution is -2.00. The molecule has 0 unspecified atom stereocenters. The van der Waals surface area contributed by atoms with Gasteiger partial charge in [-0.3, -0.25) is 0 Å². The van der Waals surface area contributed by atoms with Gasteiger partial charge in [0.15, 0.2) is 0 Å². The molecule has 0 aliphatic heterocycles. The molecule has 0 spiro atoms. The molecule has 15 heavy (non-hydrogen) atoms. The van der Waals surface area contributed by atoms with Crippen LogP contribution in [0.5, 0.6) is 0 Å². The van der Waals surface area contributed by atoms with E-state index in [1.165, 1.54) is 20.4 Å². The predicted octanol–water partition coefficient (Wildman–Crippen LogP) is 4.27. The van der Waals surface area contributed by atoms with Gasteiger partial charge in [-0.05, 0) is 69.6 Å². The van der Waals surface area contributed by atoms with Gasteiger partial charge < -0.3 is 5.32 Å². The van der Waals surface area contributed by atoms with Crippen molar-refractivity contribution in [1.82, 2.24) is 0 Å². The summed E-state index contributed by atoms with van der Waals surface area (Å²) in [5.74, 6) is 0. The maximum Gasteiger partial charge on any atom is 0.0409 e. The predicted molar refractivity (Wildman–Crippen MR) is 75.5 cm³/mol. The Labute approximate surface area is 108 Å². The van der Waals surface area contributed by atoms with E-state index in [0.29, 0.717) is 0 Å². The average molecular weight is 329 g/mol. The van der Waals surface area contributed by atoms with E-state index in [9.17, 15) is 0 Å². The van der Waals surface area contributed by atoms with Crippen LogP contribution < -0.4 is 5.32 Å². The molecule has 0 aliphatic rings. The number of hydrogen-bond donors (Lipinski definition) is 1. The highest BCUT2D eigenvalue weighted by Crippen LogP contribution is 2.21. The first-order valence-corrected chi connectivity index (χ1v) is 6.79. The summed E-state index contributed by atoms with van der Waals surface area (Å²) >= 11 is 4.11. The van der Waals surface area contributed by atoms with Crippen molar-refractivity contribution in [2.45, 2.75) is 13.5 Å². The quantitative estimate of drug-likeness (QED) is 0.829. The molecule has 0 atom stereocenters. The zero-order valence-corrected chi connectivity index (χ0v) is 11.4. The van der Waals surface area contributed by atoms with E-state index in [1.54, 1.807) is 11.3 Å². The number of thiophene rings is 1. The fourth-order valence-electron chi connectivity index (χ4n) is 1.39. The highest BCUT2D eigenvalue weighted by atomic mass is 127. The van der Waals surface area contributed by atoms with Crippen LogP contribution in [0, 0.1) is 10.5 Å². The second-order valence-corrected chi connectivity index (χ2v) is 5.34. The molecule has 0 bridgehead atoms. The zero-order chi connectivity index (χ0) is 10.7. The molecule has 0 saturated carbocycles. The van der Waals surface area contributed by atoms with Crippen LogP contribution >= 0.6 is 33.9 Å². The third-order valence-electron chi connectivity index (χ3n) is 2.33. The molecule has 0 saturated heterocycles. The van der Waals surface area contributed by atoms with Crippen LogP contribution in [0.15, 0.2) is 35.0 Å². The highest BCUT2D eigenvalue weighted by molar-refractivity contribution is 14.1. The number of benzene rings is 1. The first kappa shape index (κ1) is 11.0. The van der Waals surface area contributed by atoms with Gasteiger partial charge in [0, 0.05) is 15.8 Å². The van der Waals surface area contributed by atoms with E-state index in [0.717, 1.165) is 6.54 Å². The van der Waals surface area contributed by atoms with Gasteiger partial charge in [-0.25, -0.2) is 0 Å². The third-order valence-corrected chi connectivity index (χ3v) is 4.23. The lowest BCUT2D eigenvalue weighted by molar-refractivity contribution is 1.15. The number of halogens is 1. The van der Waals surface area contributed by atoms with Gasteiger partial charge in [0.25, 0.3) is 0 Å². The zero-order valence-electron chi connectivity index (χ0n) is 8.46. The lowest BCUT2D eigenvalue weighted by Gasteiger charge is -2.09. The molecule has 2 rings (SSSR count). The molecule has 1 heterocycles. The average Bonchev–Trinajstić information content (AvgIpc) is 2.73. The van der Waals surface area contributed by atoms with Gasteiger partial charge in [0.2, 0.25) is 0 Å². The highest BCUT2D eigenvalue weighted by Gasteiger charge is 2.00. The van der Waals surface area contributed by atoms with Crippen molar-refractivity contribution in [2.24, 2.45) is 0 Å². The Kier molecular flexibility index (Phi) is 3.64. The van der Waals surface area contributed by atoms with Crippen LogP contribution in [-0.4, -0.2) is 0 Å². The summed E-state index contributed by atoms with van der Waals surface area (Å²) in [6.07, 6.45) is 0. The Morgan fingerprint density at radius 2 is 2.20 bits per heavy atom. The standard InChI is InChI=1S/C12H12INS/c1-9-11(13)3-2-4-12(9)14-7-10-5-6-15-8-10/h2-6,8,14H,7H2,1H3. The van der Waals surface area contributed by atoms with E-state index >= 15 is 0 Å². The number of rotatable bonds is 3. The van der Waals surface area contributed by atoms with Gasteiger partial charge in [-0.15, -0.1) is 0 Å². The molecule has 1 aromatic heterocycles. The summed E-state index contributed by atoms with van der Waals surface area (Å²) in [5, 5.41) is 7.74. The van der Waals surface area contributed by atoms with Gasteiger partial charge in [0.05, 0.1) is 0 Å². The van der Waals surface area contributed by atoms with Gasteiger partial charge in [0.1, 0.15) is 0 Å². The van der Waals surface area contributed by atoms with E-state index in [-0.39, 0.29) is 0 Å². The maximum absolute atomic E-state index is 3.46. The molecule has 1 nitrogen and oxygen atoms in total. The first-order chi connectivity index (χ1) is 7.27. The Bertz CT molecular complexity index is 437. The van der Waals surface area contributed by atoms with Crippen LogP contribution in [0.3, 0.4) is 0 Å². The second-order valence-electron chi connectivity index (χ2n) is 3.40. The number of anilines is 1. The van der Waals surface area contributed by atoms with Crippen LogP contribution in [0.4, 0.5) is 5.69 Å². The summed E-state index contributed by atoms with van der Waals surface area (Å²) in [5.41, 5.74) is 3.90. The fraction of sp³-hybridized carbons (Fsp3) is 0.167. The smallest absolute Gasteiger partial charge is 0.0409 e. The molecule has 0 aliphatic carbocycles. The Morgan fingerprint density at radius 1 is 1.33 bits per heavy atom. The molecule has 3 heteroatoms. The SMILES string of the molecule is Cc1c(I)cccc1NCc1ccsc1. The van der Waals surface area contributed by atoms with Crippen molar-refractivity contribution in [3.63, 3.8) is 0 Å². The van der Waals surface area contributed by atoms with Crippen LogP contribution in [0.25, 0.3) is 0 Å². The van der Waals surface area contributed by atoms with E-state index in [1.807, 2.05) is 0 Å². The molecule has 1 N–H and O–H groups in total. The second kappa shape index (κ2) is 4.99. The third kappa shape index (κ3) is 2.72. The van der Waals surface area contributed by atoms with Crippen LogP contribution in [-0.2, 0) is 6.54 Å². The Balaban J connectivity index is 2.08. The van der Waals surface area contributed by atoms with Crippen molar-refractivity contribution < 1.29 is 0 Å². The normalized spacial score (nSPS) is 10.3. The molecule has 2 aromatic rings. The van der Waals surface area contributed by atoms with Crippen molar-refractivity contribution in [2.75, 3.05) is 5.32 Å². The summed E-state index contributed by atoms with van der Waals surface area (Å²) < 4.78 is 1.31. The van der Waals surface area contributed by atoms with Crippen molar-refractivity contribution in [3.05, 3.63) is 49.7 Å². The summed E-state index contributed by atoms with van der Waals surface area (Å²) in [4.78, 5) is 0. The minimum absolute atomic E-state index is 0.907. The molecule has 0 radical (unpaired) electrons. The fourth-order valence-corrected chi connectivity index (χ4v) is 2.56. The topological polar surface area (TPSA) is 12.0 Å². The molecule has 1 aromatic carbocycles. The molecule has 78 valence electrons.